The summed E-state index contributed by atoms with van der Waals surface area (Å²) in [5.74, 6) is 1.49. The fourth-order valence-electron chi connectivity index (χ4n) is 3.96. The first-order chi connectivity index (χ1) is 14.7. The third-order valence-electron chi connectivity index (χ3n) is 5.78. The summed E-state index contributed by atoms with van der Waals surface area (Å²) in [6.45, 7) is 7.23. The maximum Gasteiger partial charge on any atom is 0.222 e. The Hall–Kier alpha value is -1.99. The number of rotatable bonds is 11. The van der Waals surface area contributed by atoms with Gasteiger partial charge in [-0.05, 0) is 44.9 Å². The first-order valence-corrected chi connectivity index (χ1v) is 11.5. The van der Waals surface area contributed by atoms with Gasteiger partial charge in [0.1, 0.15) is 13.2 Å². The van der Waals surface area contributed by atoms with Crippen LogP contribution in [-0.4, -0.2) is 49.4 Å². The maximum atomic E-state index is 12.5. The van der Waals surface area contributed by atoms with E-state index < -0.39 is 6.23 Å². The van der Waals surface area contributed by atoms with E-state index in [1.807, 2.05) is 18.2 Å². The molecule has 2 N–H and O–H groups in total. The summed E-state index contributed by atoms with van der Waals surface area (Å²) in [7, 11) is 0. The highest BCUT2D eigenvalue weighted by Gasteiger charge is 2.24. The van der Waals surface area contributed by atoms with E-state index in [0.717, 1.165) is 30.8 Å². The lowest BCUT2D eigenvalue weighted by Gasteiger charge is -2.35. The number of amides is 1. The van der Waals surface area contributed by atoms with Crippen LogP contribution in [-0.2, 0) is 9.63 Å². The Morgan fingerprint density at radius 1 is 1.20 bits per heavy atom. The predicted octanol–water partition coefficient (Wildman–Crippen LogP) is 4.09. The zero-order chi connectivity index (χ0) is 21.2. The number of hydrogen-bond donors (Lipinski definition) is 2. The normalized spacial score (nSPS) is 19.9. The number of fused-ring (bicyclic) bond motifs is 1. The van der Waals surface area contributed by atoms with Crippen molar-refractivity contribution in [3.8, 4) is 11.5 Å². The molecular weight excluding hydrogens is 382 g/mol. The molecule has 2 unspecified atom stereocenters. The molecule has 7 nitrogen and oxygen atoms in total. The fourth-order valence-corrected chi connectivity index (χ4v) is 3.96. The van der Waals surface area contributed by atoms with Gasteiger partial charge in [0.25, 0.3) is 0 Å². The molecule has 2 aliphatic rings. The van der Waals surface area contributed by atoms with Gasteiger partial charge in [-0.15, -0.1) is 0 Å². The second kappa shape index (κ2) is 12.0. The zero-order valence-electron chi connectivity index (χ0n) is 18.5. The van der Waals surface area contributed by atoms with E-state index in [4.69, 9.17) is 14.3 Å². The number of benzene rings is 1. The number of ether oxygens (including phenoxy) is 2. The highest BCUT2D eigenvalue weighted by atomic mass is 16.7. The van der Waals surface area contributed by atoms with Crippen molar-refractivity contribution < 1.29 is 19.1 Å². The van der Waals surface area contributed by atoms with Gasteiger partial charge in [-0.2, -0.15) is 0 Å². The minimum absolute atomic E-state index is 0.0461. The van der Waals surface area contributed by atoms with E-state index in [9.17, 15) is 4.79 Å². The van der Waals surface area contributed by atoms with Crippen LogP contribution in [0.5, 0.6) is 11.5 Å². The molecule has 2 atom stereocenters. The van der Waals surface area contributed by atoms with E-state index in [-0.39, 0.29) is 5.91 Å². The number of anilines is 1. The topological polar surface area (TPSA) is 72.1 Å². The van der Waals surface area contributed by atoms with Gasteiger partial charge in [0.15, 0.2) is 17.7 Å². The molecule has 168 valence electrons. The molecule has 2 heterocycles. The summed E-state index contributed by atoms with van der Waals surface area (Å²) < 4.78 is 11.2. The molecule has 0 spiro atoms. The smallest absolute Gasteiger partial charge is 0.222 e. The SMILES string of the molecule is CCCCCCC(=O)NC(CN1CCCCC1C)ONc1ccc2c(c1)OCCO2. The lowest BCUT2D eigenvalue weighted by atomic mass is 10.0. The summed E-state index contributed by atoms with van der Waals surface area (Å²) >= 11 is 0. The standard InChI is InChI=1S/C23H37N3O4/c1-3-4-5-6-10-22(27)24-23(17-26-13-8-7-9-18(26)2)30-25-19-11-12-20-21(16-19)29-15-14-28-20/h11-12,16,18,23,25H,3-10,13-15,17H2,1-2H3,(H,24,27). The monoisotopic (exact) mass is 419 g/mol. The number of likely N-dealkylation sites (tertiary alicyclic amines) is 1. The molecule has 0 aromatic heterocycles. The molecular formula is C23H37N3O4. The van der Waals surface area contributed by atoms with Crippen molar-refractivity contribution >= 4 is 11.6 Å². The lowest BCUT2D eigenvalue weighted by molar-refractivity contribution is -0.125. The first kappa shape index (κ1) is 22.7. The molecule has 1 aromatic rings. The third-order valence-corrected chi connectivity index (χ3v) is 5.78. The Balaban J connectivity index is 1.56. The quantitative estimate of drug-likeness (QED) is 0.320. The molecule has 1 saturated heterocycles. The van der Waals surface area contributed by atoms with Crippen LogP contribution in [0.15, 0.2) is 18.2 Å². The van der Waals surface area contributed by atoms with E-state index >= 15 is 0 Å². The Bertz CT molecular complexity index is 670. The van der Waals surface area contributed by atoms with Crippen molar-refractivity contribution in [1.82, 2.24) is 10.2 Å². The minimum atomic E-state index is -0.419. The minimum Gasteiger partial charge on any atom is -0.486 e. The highest BCUT2D eigenvalue weighted by Crippen LogP contribution is 2.32. The molecule has 0 radical (unpaired) electrons. The average Bonchev–Trinajstić information content (AvgIpc) is 2.76. The molecule has 1 aromatic carbocycles. The van der Waals surface area contributed by atoms with Crippen molar-refractivity contribution in [3.05, 3.63) is 18.2 Å². The molecule has 3 rings (SSSR count). The van der Waals surface area contributed by atoms with E-state index in [1.54, 1.807) is 0 Å². The van der Waals surface area contributed by atoms with Crippen molar-refractivity contribution in [3.63, 3.8) is 0 Å². The Morgan fingerprint density at radius 2 is 2.03 bits per heavy atom. The molecule has 0 bridgehead atoms. The van der Waals surface area contributed by atoms with Gasteiger partial charge in [-0.1, -0.05) is 32.6 Å². The van der Waals surface area contributed by atoms with Crippen molar-refractivity contribution in [2.75, 3.05) is 31.8 Å². The van der Waals surface area contributed by atoms with Gasteiger partial charge in [0, 0.05) is 25.1 Å². The van der Waals surface area contributed by atoms with Gasteiger partial charge in [-0.3, -0.25) is 15.2 Å². The van der Waals surface area contributed by atoms with Gasteiger partial charge in [0.05, 0.1) is 5.69 Å². The van der Waals surface area contributed by atoms with Gasteiger partial charge < -0.3 is 14.8 Å². The van der Waals surface area contributed by atoms with Crippen LogP contribution in [0.2, 0.25) is 0 Å². The number of nitrogens with zero attached hydrogens (tertiary/aromatic N) is 1. The van der Waals surface area contributed by atoms with Crippen LogP contribution < -0.4 is 20.3 Å². The van der Waals surface area contributed by atoms with Crippen LogP contribution in [0.4, 0.5) is 5.69 Å². The number of carbonyl (C=O) groups excluding carboxylic acids is 1. The van der Waals surface area contributed by atoms with Gasteiger partial charge >= 0.3 is 0 Å². The zero-order valence-corrected chi connectivity index (χ0v) is 18.5. The van der Waals surface area contributed by atoms with Gasteiger partial charge in [0.2, 0.25) is 5.91 Å². The summed E-state index contributed by atoms with van der Waals surface area (Å²) in [4.78, 5) is 20.8. The Kier molecular flexibility index (Phi) is 9.08. The predicted molar refractivity (Wildman–Crippen MR) is 118 cm³/mol. The number of hydrogen-bond acceptors (Lipinski definition) is 6. The van der Waals surface area contributed by atoms with Crippen LogP contribution in [0.3, 0.4) is 0 Å². The molecule has 0 saturated carbocycles. The summed E-state index contributed by atoms with van der Waals surface area (Å²) in [6.07, 6.45) is 8.12. The van der Waals surface area contributed by atoms with Crippen LogP contribution in [0.1, 0.15) is 65.2 Å². The molecule has 7 heteroatoms. The highest BCUT2D eigenvalue weighted by molar-refractivity contribution is 5.76. The van der Waals surface area contributed by atoms with E-state index in [0.29, 0.717) is 38.0 Å². The molecule has 1 fully saturated rings. The summed E-state index contributed by atoms with van der Waals surface area (Å²) in [5, 5.41) is 3.07. The maximum absolute atomic E-state index is 12.5. The number of unbranched alkanes of at least 4 members (excludes halogenated alkanes) is 3. The third kappa shape index (κ3) is 7.06. The van der Waals surface area contributed by atoms with Crippen molar-refractivity contribution in [2.24, 2.45) is 0 Å². The number of carbonyl (C=O) groups is 1. The summed E-state index contributed by atoms with van der Waals surface area (Å²) in [5.41, 5.74) is 3.78. The van der Waals surface area contributed by atoms with E-state index in [2.05, 4.69) is 29.5 Å². The Morgan fingerprint density at radius 3 is 2.83 bits per heavy atom. The van der Waals surface area contributed by atoms with Crippen LogP contribution in [0.25, 0.3) is 0 Å². The van der Waals surface area contributed by atoms with Gasteiger partial charge in [-0.25, -0.2) is 4.84 Å². The lowest BCUT2D eigenvalue weighted by Crippen LogP contribution is -2.50. The summed E-state index contributed by atoms with van der Waals surface area (Å²) in [6, 6.07) is 6.12. The van der Waals surface area contributed by atoms with Crippen molar-refractivity contribution in [2.45, 2.75) is 77.5 Å². The Labute approximate surface area is 180 Å². The second-order valence-electron chi connectivity index (χ2n) is 8.28. The van der Waals surface area contributed by atoms with Crippen LogP contribution >= 0.6 is 0 Å². The molecule has 1 amide bonds. The average molecular weight is 420 g/mol. The number of piperidine rings is 1. The molecule has 0 aliphatic carbocycles. The van der Waals surface area contributed by atoms with Crippen LogP contribution in [0, 0.1) is 0 Å². The van der Waals surface area contributed by atoms with Crippen molar-refractivity contribution in [1.29, 1.82) is 0 Å². The molecule has 30 heavy (non-hydrogen) atoms. The largest absolute Gasteiger partial charge is 0.486 e. The fraction of sp³-hybridized carbons (Fsp3) is 0.696. The first-order valence-electron chi connectivity index (χ1n) is 11.5. The number of nitrogens with one attached hydrogen (secondary N) is 2. The van der Waals surface area contributed by atoms with E-state index in [1.165, 1.54) is 32.1 Å². The molecule has 2 aliphatic heterocycles. The second-order valence-corrected chi connectivity index (χ2v) is 8.28.